The lowest BCUT2D eigenvalue weighted by Crippen LogP contribution is -2.40. The standard InChI is InChI=1S/C14H20NOS/c16-15-11-7-9-14(10-8-11)17-12-3-1-4-13(17)6-2-5-12/h7-10,12-13,15-16H,1-6H2/q+1. The molecule has 0 unspecified atom stereocenters. The van der Waals surface area contributed by atoms with E-state index in [1.54, 1.807) is 0 Å². The quantitative estimate of drug-likeness (QED) is 0.621. The first-order chi connectivity index (χ1) is 8.38. The van der Waals surface area contributed by atoms with Crippen LogP contribution in [0.2, 0.25) is 0 Å². The Balaban J connectivity index is 1.85. The molecule has 0 aliphatic carbocycles. The molecule has 2 N–H and O–H groups in total. The van der Waals surface area contributed by atoms with Crippen LogP contribution in [0.3, 0.4) is 0 Å². The highest BCUT2D eigenvalue weighted by Gasteiger charge is 2.45. The first-order valence-corrected chi connectivity index (χ1v) is 7.95. The topological polar surface area (TPSA) is 32.3 Å². The maximum atomic E-state index is 8.85. The van der Waals surface area contributed by atoms with Crippen molar-refractivity contribution in [1.29, 1.82) is 0 Å². The monoisotopic (exact) mass is 250 g/mol. The van der Waals surface area contributed by atoms with E-state index in [-0.39, 0.29) is 0 Å². The van der Waals surface area contributed by atoms with Gasteiger partial charge in [-0.25, -0.2) is 0 Å². The van der Waals surface area contributed by atoms with Gasteiger partial charge in [-0.3, -0.25) is 10.7 Å². The molecule has 0 spiro atoms. The van der Waals surface area contributed by atoms with E-state index in [2.05, 4.69) is 17.6 Å². The minimum atomic E-state index is 0.477. The van der Waals surface area contributed by atoms with E-state index < -0.39 is 0 Å². The van der Waals surface area contributed by atoms with Crippen molar-refractivity contribution in [1.82, 2.24) is 0 Å². The molecule has 92 valence electrons. The van der Waals surface area contributed by atoms with Crippen molar-refractivity contribution in [2.75, 3.05) is 5.48 Å². The molecule has 2 aliphatic heterocycles. The molecule has 1 aromatic carbocycles. The summed E-state index contributed by atoms with van der Waals surface area (Å²) in [4.78, 5) is 1.51. The molecule has 0 atom stereocenters. The predicted molar refractivity (Wildman–Crippen MR) is 72.8 cm³/mol. The summed E-state index contributed by atoms with van der Waals surface area (Å²) < 4.78 is 0. The molecule has 2 bridgehead atoms. The highest BCUT2D eigenvalue weighted by molar-refractivity contribution is 7.98. The average molecular weight is 250 g/mol. The van der Waals surface area contributed by atoms with Crippen molar-refractivity contribution in [2.24, 2.45) is 0 Å². The Morgan fingerprint density at radius 2 is 1.47 bits per heavy atom. The largest absolute Gasteiger partial charge is 0.291 e. The molecule has 3 rings (SSSR count). The van der Waals surface area contributed by atoms with Gasteiger partial charge in [0.2, 0.25) is 0 Å². The molecule has 0 saturated carbocycles. The second-order valence-corrected chi connectivity index (χ2v) is 7.66. The van der Waals surface area contributed by atoms with Crippen LogP contribution in [0.15, 0.2) is 29.2 Å². The lowest BCUT2D eigenvalue weighted by molar-refractivity contribution is 0.389. The average Bonchev–Trinajstić information content (AvgIpc) is 2.38. The fourth-order valence-electron chi connectivity index (χ4n) is 3.29. The predicted octanol–water partition coefficient (Wildman–Crippen LogP) is 3.57. The fraction of sp³-hybridized carbons (Fsp3) is 0.571. The van der Waals surface area contributed by atoms with Gasteiger partial charge in [-0.1, -0.05) is 0 Å². The Bertz CT molecular complexity index is 356. The number of nitrogens with one attached hydrogen (secondary N) is 1. The zero-order valence-corrected chi connectivity index (χ0v) is 10.9. The molecular formula is C14H20NOS+. The van der Waals surface area contributed by atoms with Crippen LogP contribution in [-0.4, -0.2) is 15.7 Å². The van der Waals surface area contributed by atoms with Crippen LogP contribution >= 0.6 is 0 Å². The number of anilines is 1. The SMILES string of the molecule is ONc1ccc([S+]2C3CCCC2CCC3)cc1. The van der Waals surface area contributed by atoms with Crippen LogP contribution in [0.25, 0.3) is 0 Å². The van der Waals surface area contributed by atoms with Crippen LogP contribution in [0.4, 0.5) is 5.69 Å². The Morgan fingerprint density at radius 3 is 1.94 bits per heavy atom. The van der Waals surface area contributed by atoms with Crippen molar-refractivity contribution in [3.63, 3.8) is 0 Å². The number of rotatable bonds is 2. The second kappa shape index (κ2) is 4.91. The van der Waals surface area contributed by atoms with Gasteiger partial charge in [-0.15, -0.1) is 0 Å². The number of hydrogen-bond donors (Lipinski definition) is 2. The molecule has 2 aliphatic rings. The Morgan fingerprint density at radius 1 is 0.941 bits per heavy atom. The van der Waals surface area contributed by atoms with Gasteiger partial charge in [0.05, 0.1) is 5.69 Å². The lowest BCUT2D eigenvalue weighted by Gasteiger charge is -2.34. The highest BCUT2D eigenvalue weighted by Crippen LogP contribution is 2.42. The van der Waals surface area contributed by atoms with Gasteiger partial charge >= 0.3 is 0 Å². The zero-order valence-electron chi connectivity index (χ0n) is 10.1. The molecule has 0 aromatic heterocycles. The lowest BCUT2D eigenvalue weighted by atomic mass is 9.99. The van der Waals surface area contributed by atoms with Gasteiger partial charge in [0.25, 0.3) is 0 Å². The number of fused-ring (bicyclic) bond motifs is 2. The molecule has 17 heavy (non-hydrogen) atoms. The van der Waals surface area contributed by atoms with Crippen molar-refractivity contribution < 1.29 is 5.21 Å². The summed E-state index contributed by atoms with van der Waals surface area (Å²) in [5.74, 6) is 0. The van der Waals surface area contributed by atoms with Crippen molar-refractivity contribution >= 4 is 16.6 Å². The molecule has 2 nitrogen and oxygen atoms in total. The van der Waals surface area contributed by atoms with Gasteiger partial charge in [-0.05, 0) is 62.8 Å². The van der Waals surface area contributed by atoms with Crippen molar-refractivity contribution in [3.05, 3.63) is 24.3 Å². The Hall–Kier alpha value is -0.670. The third-order valence-corrected chi connectivity index (χ3v) is 7.27. The van der Waals surface area contributed by atoms with Gasteiger partial charge in [0.15, 0.2) is 4.90 Å². The maximum Gasteiger partial charge on any atom is 0.155 e. The van der Waals surface area contributed by atoms with Gasteiger partial charge < -0.3 is 0 Å². The molecule has 2 heterocycles. The normalized spacial score (nSPS) is 32.2. The highest BCUT2D eigenvalue weighted by atomic mass is 32.2. The van der Waals surface area contributed by atoms with Gasteiger partial charge in [-0.2, -0.15) is 0 Å². The van der Waals surface area contributed by atoms with Gasteiger partial charge in [0.1, 0.15) is 10.5 Å². The fourth-order valence-corrected chi connectivity index (χ4v) is 6.73. The van der Waals surface area contributed by atoms with E-state index in [1.807, 2.05) is 12.1 Å². The van der Waals surface area contributed by atoms with E-state index in [0.717, 1.165) is 16.2 Å². The summed E-state index contributed by atoms with van der Waals surface area (Å²) in [5.41, 5.74) is 3.00. The number of hydrogen-bond acceptors (Lipinski definition) is 2. The molecular weight excluding hydrogens is 230 g/mol. The zero-order chi connectivity index (χ0) is 11.7. The molecule has 0 amide bonds. The Kier molecular flexibility index (Phi) is 3.30. The van der Waals surface area contributed by atoms with Crippen LogP contribution < -0.4 is 5.48 Å². The molecule has 1 aromatic rings. The molecule has 2 saturated heterocycles. The van der Waals surface area contributed by atoms with Crippen LogP contribution in [0, 0.1) is 0 Å². The Labute approximate surface area is 106 Å². The molecule has 2 fully saturated rings. The second-order valence-electron chi connectivity index (χ2n) is 5.11. The first kappa shape index (κ1) is 11.4. The molecule has 3 heteroatoms. The summed E-state index contributed by atoms with van der Waals surface area (Å²) in [6.07, 6.45) is 8.60. The smallest absolute Gasteiger partial charge is 0.155 e. The third-order valence-electron chi connectivity index (χ3n) is 4.08. The van der Waals surface area contributed by atoms with E-state index in [4.69, 9.17) is 5.21 Å². The van der Waals surface area contributed by atoms with E-state index in [9.17, 15) is 0 Å². The maximum absolute atomic E-state index is 8.85. The summed E-state index contributed by atoms with van der Waals surface area (Å²) >= 11 is 0. The minimum Gasteiger partial charge on any atom is -0.291 e. The van der Waals surface area contributed by atoms with Crippen LogP contribution in [-0.2, 0) is 10.9 Å². The van der Waals surface area contributed by atoms with Crippen molar-refractivity contribution in [2.45, 2.75) is 53.9 Å². The van der Waals surface area contributed by atoms with E-state index in [1.165, 1.54) is 43.4 Å². The number of benzene rings is 1. The van der Waals surface area contributed by atoms with Crippen LogP contribution in [0.5, 0.6) is 0 Å². The summed E-state index contributed by atoms with van der Waals surface area (Å²) in [5, 5.41) is 10.7. The van der Waals surface area contributed by atoms with Crippen LogP contribution in [0.1, 0.15) is 38.5 Å². The summed E-state index contributed by atoms with van der Waals surface area (Å²) in [6.45, 7) is 0. The summed E-state index contributed by atoms with van der Waals surface area (Å²) in [7, 11) is 0.477. The molecule has 0 radical (unpaired) electrons. The minimum absolute atomic E-state index is 0.477. The van der Waals surface area contributed by atoms with E-state index in [0.29, 0.717) is 10.9 Å². The van der Waals surface area contributed by atoms with Gasteiger partial charge in [0, 0.05) is 10.9 Å². The summed E-state index contributed by atoms with van der Waals surface area (Å²) in [6, 6.07) is 8.40. The third kappa shape index (κ3) is 2.18. The first-order valence-electron chi connectivity index (χ1n) is 6.60. The van der Waals surface area contributed by atoms with Crippen molar-refractivity contribution in [3.8, 4) is 0 Å². The van der Waals surface area contributed by atoms with E-state index >= 15 is 0 Å².